The predicted octanol–water partition coefficient (Wildman–Crippen LogP) is 0.854. The molecule has 0 spiro atoms. The van der Waals surface area contributed by atoms with Crippen LogP contribution in [0.15, 0.2) is 0 Å². The number of nitrogens with zero attached hydrogens (tertiary/aromatic N) is 1. The van der Waals surface area contributed by atoms with Crippen molar-refractivity contribution in [3.05, 3.63) is 0 Å². The van der Waals surface area contributed by atoms with Gasteiger partial charge in [-0.3, -0.25) is 9.69 Å². The second-order valence-corrected chi connectivity index (χ2v) is 6.42. The maximum atomic E-state index is 12.1. The van der Waals surface area contributed by atoms with Gasteiger partial charge in [-0.05, 0) is 13.3 Å². The number of rotatable bonds is 6. The van der Waals surface area contributed by atoms with Gasteiger partial charge >= 0.3 is 0 Å². The third-order valence-corrected chi connectivity index (χ3v) is 4.96. The molecule has 1 rings (SSSR count). The monoisotopic (exact) mass is 289 g/mol. The van der Waals surface area contributed by atoms with E-state index in [1.54, 1.807) is 0 Å². The van der Waals surface area contributed by atoms with Crippen LogP contribution in [-0.2, 0) is 4.79 Å². The molecule has 0 saturated carbocycles. The number of carbonyl (C=O) groups excluding carboxylic acids is 1. The van der Waals surface area contributed by atoms with Crippen LogP contribution >= 0.6 is 24.0 Å². The van der Waals surface area contributed by atoms with E-state index in [0.29, 0.717) is 13.0 Å². The first-order valence-electron chi connectivity index (χ1n) is 6.39. The fourth-order valence-corrected chi connectivity index (χ4v) is 3.01. The maximum absolute atomic E-state index is 12.1. The number of hydrogen-bond acceptors (Lipinski definition) is 4. The molecule has 1 aliphatic heterocycles. The Labute approximate surface area is 119 Å². The minimum atomic E-state index is -0.715. The average Bonchev–Trinajstić information content (AvgIpc) is 2.38. The molecule has 0 aromatic heterocycles. The van der Waals surface area contributed by atoms with E-state index in [1.165, 1.54) is 11.5 Å². The van der Waals surface area contributed by atoms with E-state index in [1.807, 2.05) is 25.6 Å². The van der Waals surface area contributed by atoms with E-state index in [4.69, 9.17) is 18.0 Å². The first kappa shape index (κ1) is 15.7. The van der Waals surface area contributed by atoms with Gasteiger partial charge < -0.3 is 11.1 Å². The van der Waals surface area contributed by atoms with E-state index in [-0.39, 0.29) is 10.9 Å². The van der Waals surface area contributed by atoms with Gasteiger partial charge in [-0.2, -0.15) is 11.8 Å². The lowest BCUT2D eigenvalue weighted by Crippen LogP contribution is -2.48. The van der Waals surface area contributed by atoms with Crippen LogP contribution in [-0.4, -0.2) is 53.5 Å². The Balaban J connectivity index is 2.33. The largest absolute Gasteiger partial charge is 0.392 e. The summed E-state index contributed by atoms with van der Waals surface area (Å²) in [7, 11) is 0. The van der Waals surface area contributed by atoms with Gasteiger partial charge in [0, 0.05) is 37.7 Å². The zero-order valence-corrected chi connectivity index (χ0v) is 12.8. The highest BCUT2D eigenvalue weighted by atomic mass is 32.2. The van der Waals surface area contributed by atoms with Gasteiger partial charge in [0.2, 0.25) is 5.91 Å². The van der Waals surface area contributed by atoms with E-state index < -0.39 is 5.41 Å². The standard InChI is InChI=1S/C12H23N3OS2/c1-3-12(2,10(13)17)11(16)14-4-5-15-6-8-18-9-7-15/h3-9H2,1-2H3,(H2,13,17)(H,14,16). The Hall–Kier alpha value is -0.330. The molecule has 1 atom stereocenters. The van der Waals surface area contributed by atoms with Crippen LogP contribution in [0.25, 0.3) is 0 Å². The molecular weight excluding hydrogens is 266 g/mol. The summed E-state index contributed by atoms with van der Waals surface area (Å²) in [4.78, 5) is 14.7. The zero-order valence-electron chi connectivity index (χ0n) is 11.2. The van der Waals surface area contributed by atoms with Gasteiger partial charge in [0.05, 0.1) is 10.4 Å². The molecule has 104 valence electrons. The first-order chi connectivity index (χ1) is 8.50. The van der Waals surface area contributed by atoms with E-state index in [2.05, 4.69) is 10.2 Å². The van der Waals surface area contributed by atoms with Gasteiger partial charge in [0.1, 0.15) is 0 Å². The van der Waals surface area contributed by atoms with Gasteiger partial charge in [0.25, 0.3) is 0 Å². The van der Waals surface area contributed by atoms with Crippen molar-refractivity contribution in [2.45, 2.75) is 20.3 Å². The second-order valence-electron chi connectivity index (χ2n) is 4.76. The Morgan fingerprint density at radius 2 is 2.11 bits per heavy atom. The van der Waals surface area contributed by atoms with E-state index in [9.17, 15) is 4.79 Å². The number of thiocarbonyl (C=S) groups is 1. The maximum Gasteiger partial charge on any atom is 0.232 e. The quantitative estimate of drug-likeness (QED) is 0.710. The molecule has 0 bridgehead atoms. The molecule has 6 heteroatoms. The van der Waals surface area contributed by atoms with Crippen LogP contribution in [0.3, 0.4) is 0 Å². The average molecular weight is 289 g/mol. The fraction of sp³-hybridized carbons (Fsp3) is 0.833. The molecule has 0 aromatic carbocycles. The lowest BCUT2D eigenvalue weighted by atomic mass is 9.86. The van der Waals surface area contributed by atoms with Gasteiger partial charge in [-0.1, -0.05) is 19.1 Å². The summed E-state index contributed by atoms with van der Waals surface area (Å²) in [6.45, 7) is 7.54. The normalized spacial score (nSPS) is 20.1. The van der Waals surface area contributed by atoms with Crippen molar-refractivity contribution in [3.63, 3.8) is 0 Å². The number of nitrogens with two attached hydrogens (primary N) is 1. The minimum absolute atomic E-state index is 0.0520. The van der Waals surface area contributed by atoms with Crippen molar-refractivity contribution in [1.29, 1.82) is 0 Å². The molecular formula is C12H23N3OS2. The molecule has 1 amide bonds. The Bertz CT molecular complexity index is 306. The van der Waals surface area contributed by atoms with Gasteiger partial charge in [0.15, 0.2) is 0 Å². The number of carbonyl (C=O) groups is 1. The molecule has 4 nitrogen and oxygen atoms in total. The van der Waals surface area contributed by atoms with E-state index in [0.717, 1.165) is 19.6 Å². The summed E-state index contributed by atoms with van der Waals surface area (Å²) >= 11 is 6.97. The summed E-state index contributed by atoms with van der Waals surface area (Å²) in [6, 6.07) is 0. The summed E-state index contributed by atoms with van der Waals surface area (Å²) < 4.78 is 0. The van der Waals surface area contributed by atoms with Crippen molar-refractivity contribution in [2.75, 3.05) is 37.7 Å². The predicted molar refractivity (Wildman–Crippen MR) is 82.0 cm³/mol. The van der Waals surface area contributed by atoms with Gasteiger partial charge in [-0.15, -0.1) is 0 Å². The fourth-order valence-electron chi connectivity index (χ4n) is 1.79. The Morgan fingerprint density at radius 3 is 2.61 bits per heavy atom. The smallest absolute Gasteiger partial charge is 0.232 e. The van der Waals surface area contributed by atoms with Crippen LogP contribution < -0.4 is 11.1 Å². The lowest BCUT2D eigenvalue weighted by Gasteiger charge is -2.28. The third-order valence-electron chi connectivity index (χ3n) is 3.57. The molecule has 0 aromatic rings. The van der Waals surface area contributed by atoms with Crippen LogP contribution in [0.1, 0.15) is 20.3 Å². The van der Waals surface area contributed by atoms with Crippen LogP contribution in [0, 0.1) is 5.41 Å². The van der Waals surface area contributed by atoms with Crippen molar-refractivity contribution in [3.8, 4) is 0 Å². The highest BCUT2D eigenvalue weighted by molar-refractivity contribution is 7.99. The Kier molecular flexibility index (Phi) is 6.38. The zero-order chi connectivity index (χ0) is 13.6. The lowest BCUT2D eigenvalue weighted by molar-refractivity contribution is -0.127. The summed E-state index contributed by atoms with van der Waals surface area (Å²) in [6.07, 6.45) is 0.633. The van der Waals surface area contributed by atoms with Crippen LogP contribution in [0.4, 0.5) is 0 Å². The van der Waals surface area contributed by atoms with Crippen molar-refractivity contribution < 1.29 is 4.79 Å². The summed E-state index contributed by atoms with van der Waals surface area (Å²) in [5.41, 5.74) is 4.94. The molecule has 18 heavy (non-hydrogen) atoms. The van der Waals surface area contributed by atoms with E-state index >= 15 is 0 Å². The Morgan fingerprint density at radius 1 is 1.50 bits per heavy atom. The molecule has 1 fully saturated rings. The third kappa shape index (κ3) is 4.10. The molecule has 0 aliphatic carbocycles. The second kappa shape index (κ2) is 7.31. The molecule has 1 saturated heterocycles. The van der Waals surface area contributed by atoms with Gasteiger partial charge in [-0.25, -0.2) is 0 Å². The van der Waals surface area contributed by atoms with Crippen LogP contribution in [0.2, 0.25) is 0 Å². The molecule has 3 N–H and O–H groups in total. The highest BCUT2D eigenvalue weighted by Crippen LogP contribution is 2.21. The van der Waals surface area contributed by atoms with Crippen molar-refractivity contribution in [1.82, 2.24) is 10.2 Å². The molecule has 1 heterocycles. The molecule has 0 radical (unpaired) electrons. The number of nitrogens with one attached hydrogen (secondary N) is 1. The summed E-state index contributed by atoms with van der Waals surface area (Å²) in [5, 5.41) is 2.95. The van der Waals surface area contributed by atoms with Crippen LogP contribution in [0.5, 0.6) is 0 Å². The van der Waals surface area contributed by atoms with Crippen molar-refractivity contribution >= 4 is 34.9 Å². The number of hydrogen-bond donors (Lipinski definition) is 2. The first-order valence-corrected chi connectivity index (χ1v) is 7.95. The molecule has 1 unspecified atom stereocenters. The number of thioether (sulfide) groups is 1. The number of amides is 1. The van der Waals surface area contributed by atoms with Crippen molar-refractivity contribution in [2.24, 2.45) is 11.1 Å². The highest BCUT2D eigenvalue weighted by Gasteiger charge is 2.34. The molecule has 1 aliphatic rings. The SMILES string of the molecule is CCC(C)(C(=O)NCCN1CCSCC1)C(N)=S. The minimum Gasteiger partial charge on any atom is -0.392 e. The topological polar surface area (TPSA) is 58.4 Å². The summed E-state index contributed by atoms with van der Waals surface area (Å²) in [5.74, 6) is 2.32.